The number of rotatable bonds is 5. The van der Waals surface area contributed by atoms with Crippen molar-refractivity contribution in [1.82, 2.24) is 5.43 Å². The first-order chi connectivity index (χ1) is 10.2. The number of para-hydroxylation sites is 1. The number of thioether (sulfide) groups is 1. The highest BCUT2D eigenvalue weighted by Gasteiger charge is 2.09. The van der Waals surface area contributed by atoms with Gasteiger partial charge in [0.05, 0.1) is 7.11 Å². The monoisotopic (exact) mass is 366 g/mol. The number of halogens is 1. The average molecular weight is 367 g/mol. The molecule has 0 saturated heterocycles. The van der Waals surface area contributed by atoms with Gasteiger partial charge in [-0.25, -0.2) is 5.84 Å². The summed E-state index contributed by atoms with van der Waals surface area (Å²) in [7, 11) is 1.66. The minimum Gasteiger partial charge on any atom is -0.496 e. The highest BCUT2D eigenvalue weighted by Crippen LogP contribution is 2.33. The zero-order valence-corrected chi connectivity index (χ0v) is 13.8. The molecule has 0 aliphatic rings. The lowest BCUT2D eigenvalue weighted by atomic mass is 10.1. The van der Waals surface area contributed by atoms with E-state index < -0.39 is 0 Å². The molecule has 2 rings (SSSR count). The van der Waals surface area contributed by atoms with Gasteiger partial charge in [0.2, 0.25) is 0 Å². The van der Waals surface area contributed by atoms with Crippen molar-refractivity contribution in [2.24, 2.45) is 5.84 Å². The Kier molecular flexibility index (Phi) is 5.67. The number of nitrogens with two attached hydrogens (primary N) is 1. The minimum absolute atomic E-state index is 0.306. The van der Waals surface area contributed by atoms with Crippen LogP contribution in [0.25, 0.3) is 0 Å². The Morgan fingerprint density at radius 3 is 2.76 bits per heavy atom. The van der Waals surface area contributed by atoms with Crippen LogP contribution in [0.5, 0.6) is 5.75 Å². The van der Waals surface area contributed by atoms with Gasteiger partial charge in [-0.2, -0.15) is 0 Å². The van der Waals surface area contributed by atoms with Crippen molar-refractivity contribution in [3.05, 3.63) is 58.1 Å². The van der Waals surface area contributed by atoms with E-state index >= 15 is 0 Å². The summed E-state index contributed by atoms with van der Waals surface area (Å²) in [6, 6.07) is 13.3. The van der Waals surface area contributed by atoms with Gasteiger partial charge in [-0.1, -0.05) is 34.1 Å². The topological polar surface area (TPSA) is 64.3 Å². The summed E-state index contributed by atoms with van der Waals surface area (Å²) in [5, 5.41) is 0. The summed E-state index contributed by atoms with van der Waals surface area (Å²) in [5.41, 5.74) is 3.74. The summed E-state index contributed by atoms with van der Waals surface area (Å²) in [6.07, 6.45) is 0. The van der Waals surface area contributed by atoms with Gasteiger partial charge in [-0.3, -0.25) is 10.2 Å². The van der Waals surface area contributed by atoms with Gasteiger partial charge in [0.25, 0.3) is 5.91 Å². The van der Waals surface area contributed by atoms with E-state index in [4.69, 9.17) is 10.6 Å². The number of methoxy groups -OCH3 is 1. The molecular formula is C15H15BrN2O2S. The molecule has 0 unspecified atom stereocenters. The molecule has 0 bridgehead atoms. The summed E-state index contributed by atoms with van der Waals surface area (Å²) in [5.74, 6) is 6.45. The second kappa shape index (κ2) is 7.49. The molecule has 110 valence electrons. The lowest BCUT2D eigenvalue weighted by molar-refractivity contribution is 0.0953. The van der Waals surface area contributed by atoms with Crippen LogP contribution in [0.1, 0.15) is 15.9 Å². The molecule has 0 aliphatic heterocycles. The molecule has 0 spiro atoms. The molecule has 2 aromatic rings. The molecule has 0 aliphatic carbocycles. The minimum atomic E-state index is -0.306. The Morgan fingerprint density at radius 1 is 1.33 bits per heavy atom. The van der Waals surface area contributed by atoms with Crippen molar-refractivity contribution >= 4 is 33.6 Å². The number of carbonyl (C=O) groups is 1. The maximum Gasteiger partial charge on any atom is 0.265 e. The number of nitrogens with one attached hydrogen (secondary N) is 1. The maximum absolute atomic E-state index is 11.5. The van der Waals surface area contributed by atoms with Gasteiger partial charge in [-0.05, 0) is 29.8 Å². The SMILES string of the molecule is COc1ccccc1SCc1ccc(C(=O)NN)cc1Br. The second-order valence-electron chi connectivity index (χ2n) is 4.22. The first-order valence-electron chi connectivity index (χ1n) is 6.21. The van der Waals surface area contributed by atoms with E-state index in [1.54, 1.807) is 31.0 Å². The van der Waals surface area contributed by atoms with Crippen LogP contribution in [0.2, 0.25) is 0 Å². The van der Waals surface area contributed by atoms with Crippen LogP contribution in [0, 0.1) is 0 Å². The largest absolute Gasteiger partial charge is 0.496 e. The van der Waals surface area contributed by atoms with Crippen molar-refractivity contribution in [3.63, 3.8) is 0 Å². The Balaban J connectivity index is 2.12. The fourth-order valence-corrected chi connectivity index (χ4v) is 3.52. The van der Waals surface area contributed by atoms with E-state index in [0.717, 1.165) is 26.4 Å². The van der Waals surface area contributed by atoms with Crippen molar-refractivity contribution in [2.75, 3.05) is 7.11 Å². The molecule has 1 amide bonds. The van der Waals surface area contributed by atoms with Gasteiger partial charge in [0.15, 0.2) is 0 Å². The Bertz CT molecular complexity index is 649. The van der Waals surface area contributed by atoms with E-state index in [2.05, 4.69) is 21.4 Å². The van der Waals surface area contributed by atoms with Crippen LogP contribution in [-0.4, -0.2) is 13.0 Å². The summed E-state index contributed by atoms with van der Waals surface area (Å²) in [6.45, 7) is 0. The highest BCUT2D eigenvalue weighted by molar-refractivity contribution is 9.10. The lowest BCUT2D eigenvalue weighted by Crippen LogP contribution is -2.29. The summed E-state index contributed by atoms with van der Waals surface area (Å²) >= 11 is 5.17. The fraction of sp³-hybridized carbons (Fsp3) is 0.133. The van der Waals surface area contributed by atoms with Crippen LogP contribution >= 0.6 is 27.7 Å². The molecule has 0 heterocycles. The quantitative estimate of drug-likeness (QED) is 0.368. The van der Waals surface area contributed by atoms with Gasteiger partial charge in [0.1, 0.15) is 5.75 Å². The number of benzene rings is 2. The molecule has 2 aromatic carbocycles. The van der Waals surface area contributed by atoms with Gasteiger partial charge in [-0.15, -0.1) is 11.8 Å². The number of carbonyl (C=O) groups excluding carboxylic acids is 1. The standard InChI is InChI=1S/C15H15BrN2O2S/c1-20-13-4-2-3-5-14(13)21-9-11-7-6-10(8-12(11)16)15(19)18-17/h2-8H,9,17H2,1H3,(H,18,19). The number of hydrazine groups is 1. The van der Waals surface area contributed by atoms with Crippen LogP contribution in [0.15, 0.2) is 51.8 Å². The average Bonchev–Trinajstić information content (AvgIpc) is 2.53. The number of hydrogen-bond donors (Lipinski definition) is 2. The molecular weight excluding hydrogens is 352 g/mol. The van der Waals surface area contributed by atoms with E-state index in [1.165, 1.54) is 0 Å². The predicted octanol–water partition coefficient (Wildman–Crippen LogP) is 3.35. The van der Waals surface area contributed by atoms with Crippen LogP contribution < -0.4 is 16.0 Å². The third-order valence-electron chi connectivity index (χ3n) is 2.90. The van der Waals surface area contributed by atoms with Crippen LogP contribution in [-0.2, 0) is 5.75 Å². The predicted molar refractivity (Wildman–Crippen MR) is 88.4 cm³/mol. The zero-order chi connectivity index (χ0) is 15.2. The second-order valence-corrected chi connectivity index (χ2v) is 6.09. The van der Waals surface area contributed by atoms with Crippen LogP contribution in [0.3, 0.4) is 0 Å². The van der Waals surface area contributed by atoms with E-state index in [-0.39, 0.29) is 5.91 Å². The Labute approximate surface area is 136 Å². The first kappa shape index (κ1) is 15.9. The molecule has 0 atom stereocenters. The van der Waals surface area contributed by atoms with Gasteiger partial charge in [0, 0.05) is 20.7 Å². The first-order valence-corrected chi connectivity index (χ1v) is 7.98. The number of nitrogen functional groups attached to an aromatic ring is 1. The van der Waals surface area contributed by atoms with E-state index in [9.17, 15) is 4.79 Å². The zero-order valence-electron chi connectivity index (χ0n) is 11.4. The molecule has 21 heavy (non-hydrogen) atoms. The highest BCUT2D eigenvalue weighted by atomic mass is 79.9. The van der Waals surface area contributed by atoms with Crippen molar-refractivity contribution in [1.29, 1.82) is 0 Å². The molecule has 3 N–H and O–H groups in total. The fourth-order valence-electron chi connectivity index (χ4n) is 1.78. The molecule has 6 heteroatoms. The molecule has 0 saturated carbocycles. The molecule has 0 aromatic heterocycles. The number of ether oxygens (including phenoxy) is 1. The molecule has 4 nitrogen and oxygen atoms in total. The Morgan fingerprint density at radius 2 is 2.10 bits per heavy atom. The van der Waals surface area contributed by atoms with Gasteiger partial charge >= 0.3 is 0 Å². The summed E-state index contributed by atoms with van der Waals surface area (Å²) < 4.78 is 6.21. The van der Waals surface area contributed by atoms with Crippen molar-refractivity contribution in [2.45, 2.75) is 10.6 Å². The maximum atomic E-state index is 11.5. The van der Waals surface area contributed by atoms with Gasteiger partial charge < -0.3 is 4.74 Å². The molecule has 0 fully saturated rings. The van der Waals surface area contributed by atoms with Crippen molar-refractivity contribution in [3.8, 4) is 5.75 Å². The van der Waals surface area contributed by atoms with Crippen molar-refractivity contribution < 1.29 is 9.53 Å². The lowest BCUT2D eigenvalue weighted by Gasteiger charge is -2.09. The van der Waals surface area contributed by atoms with E-state index in [1.807, 2.05) is 30.3 Å². The third kappa shape index (κ3) is 4.00. The van der Waals surface area contributed by atoms with Crippen LogP contribution in [0.4, 0.5) is 0 Å². The smallest absolute Gasteiger partial charge is 0.265 e. The normalized spacial score (nSPS) is 10.2. The number of hydrogen-bond acceptors (Lipinski definition) is 4. The molecule has 0 radical (unpaired) electrons. The van der Waals surface area contributed by atoms with E-state index in [0.29, 0.717) is 5.56 Å². The number of amides is 1. The summed E-state index contributed by atoms with van der Waals surface area (Å²) in [4.78, 5) is 12.5. The Hall–Kier alpha value is -1.50. The third-order valence-corrected chi connectivity index (χ3v) is 4.74.